The summed E-state index contributed by atoms with van der Waals surface area (Å²) in [5.41, 5.74) is 2.19. The second-order valence-corrected chi connectivity index (χ2v) is 2.69. The topological polar surface area (TPSA) is 0 Å². The van der Waals surface area contributed by atoms with Gasteiger partial charge in [0.15, 0.2) is 0 Å². The van der Waals surface area contributed by atoms with Crippen LogP contribution in [-0.2, 0) is 0 Å². The summed E-state index contributed by atoms with van der Waals surface area (Å²) >= 11 is 0. The predicted octanol–water partition coefficient (Wildman–Crippen LogP) is 0.0531. The van der Waals surface area contributed by atoms with E-state index >= 15 is 0 Å². The molecule has 0 saturated heterocycles. The van der Waals surface area contributed by atoms with Crippen molar-refractivity contribution in [1.82, 2.24) is 0 Å². The van der Waals surface area contributed by atoms with E-state index in [-0.39, 0.29) is 24.7 Å². The summed E-state index contributed by atoms with van der Waals surface area (Å²) in [6.45, 7) is 4.01. The zero-order chi connectivity index (χ0) is 8.27. The van der Waals surface area contributed by atoms with Gasteiger partial charge in [-0.05, 0) is 13.8 Å². The van der Waals surface area contributed by atoms with E-state index in [2.05, 4.69) is 6.07 Å². The van der Waals surface area contributed by atoms with Gasteiger partial charge in [-0.2, -0.15) is 12.1 Å². The van der Waals surface area contributed by atoms with Gasteiger partial charge in [-0.1, -0.05) is 5.57 Å². The molecule has 0 bridgehead atoms. The fourth-order valence-electron chi connectivity index (χ4n) is 0.841. The molecule has 0 nitrogen and oxygen atoms in total. The van der Waals surface area contributed by atoms with Crippen molar-refractivity contribution in [2.45, 2.75) is 13.8 Å². The maximum atomic E-state index is 12.3. The van der Waals surface area contributed by atoms with E-state index in [4.69, 9.17) is 0 Å². The first-order chi connectivity index (χ1) is 5.18. The molecular formula is C10H10FLi. The summed E-state index contributed by atoms with van der Waals surface area (Å²) in [5.74, 6) is -0.309. The molecule has 0 amide bonds. The van der Waals surface area contributed by atoms with Crippen LogP contribution in [0.3, 0.4) is 0 Å². The minimum Gasteiger partial charge on any atom is -0.236 e. The minimum absolute atomic E-state index is 0. The van der Waals surface area contributed by atoms with Gasteiger partial charge >= 0.3 is 18.9 Å². The molecule has 0 saturated carbocycles. The van der Waals surface area contributed by atoms with Crippen LogP contribution in [0.5, 0.6) is 0 Å². The second kappa shape index (κ2) is 5.19. The first-order valence-electron chi connectivity index (χ1n) is 3.50. The Balaban J connectivity index is 0.00000121. The van der Waals surface area contributed by atoms with E-state index in [0.717, 1.165) is 5.56 Å². The molecule has 0 spiro atoms. The van der Waals surface area contributed by atoms with Gasteiger partial charge in [0, 0.05) is 5.82 Å². The van der Waals surface area contributed by atoms with E-state index < -0.39 is 0 Å². The first kappa shape index (κ1) is 11.5. The third-order valence-corrected chi connectivity index (χ3v) is 1.25. The van der Waals surface area contributed by atoms with Crippen molar-refractivity contribution in [3.8, 4) is 0 Å². The van der Waals surface area contributed by atoms with Crippen LogP contribution in [0.25, 0.3) is 6.08 Å². The van der Waals surface area contributed by atoms with Gasteiger partial charge in [0.25, 0.3) is 0 Å². The van der Waals surface area contributed by atoms with Crippen molar-refractivity contribution in [2.24, 2.45) is 0 Å². The monoisotopic (exact) mass is 156 g/mol. The number of allylic oxidation sites excluding steroid dienone is 1. The molecule has 0 aliphatic heterocycles. The van der Waals surface area contributed by atoms with Crippen molar-refractivity contribution >= 4 is 6.08 Å². The zero-order valence-electron chi connectivity index (χ0n) is 7.69. The Morgan fingerprint density at radius 2 is 2.08 bits per heavy atom. The molecule has 1 aromatic carbocycles. The van der Waals surface area contributed by atoms with Gasteiger partial charge < -0.3 is 0 Å². The van der Waals surface area contributed by atoms with Crippen LogP contribution in [-0.4, -0.2) is 0 Å². The molecule has 0 aliphatic carbocycles. The first-order valence-corrected chi connectivity index (χ1v) is 3.50. The molecule has 1 aromatic rings. The fraction of sp³-hybridized carbons (Fsp3) is 0.200. The van der Waals surface area contributed by atoms with Gasteiger partial charge in [-0.3, -0.25) is 0 Å². The van der Waals surface area contributed by atoms with E-state index in [1.165, 1.54) is 11.6 Å². The SMILES string of the molecule is CC(C)=Cc1c[c-]c(F)cc1.[Li+]. The molecule has 0 heterocycles. The quantitative estimate of drug-likeness (QED) is 0.398. The Kier molecular flexibility index (Phi) is 4.97. The number of hydrogen-bond donors (Lipinski definition) is 0. The summed E-state index contributed by atoms with van der Waals surface area (Å²) in [6.07, 6.45) is 1.98. The third-order valence-electron chi connectivity index (χ3n) is 1.25. The number of halogens is 1. The van der Waals surface area contributed by atoms with Crippen LogP contribution in [0.15, 0.2) is 23.8 Å². The summed E-state index contributed by atoms with van der Waals surface area (Å²) in [4.78, 5) is 0. The molecule has 0 aliphatic rings. The van der Waals surface area contributed by atoms with E-state index in [0.29, 0.717) is 0 Å². The normalized spacial score (nSPS) is 8.58. The standard InChI is InChI=1S/C10H10F.Li/c1-8(2)7-9-3-5-10(11)6-4-9;/h3-5,7H,1-2H3;/q-1;+1. The van der Waals surface area contributed by atoms with Crippen molar-refractivity contribution in [3.63, 3.8) is 0 Å². The van der Waals surface area contributed by atoms with Gasteiger partial charge in [0.1, 0.15) is 0 Å². The van der Waals surface area contributed by atoms with Gasteiger partial charge in [-0.15, -0.1) is 23.8 Å². The average molecular weight is 156 g/mol. The van der Waals surface area contributed by atoms with E-state index in [1.807, 2.05) is 19.9 Å². The Hall–Kier alpha value is -0.513. The van der Waals surface area contributed by atoms with Crippen LogP contribution in [0.2, 0.25) is 0 Å². The maximum absolute atomic E-state index is 12.3. The molecule has 0 N–H and O–H groups in total. The van der Waals surface area contributed by atoms with Crippen LogP contribution in [0.1, 0.15) is 19.4 Å². The van der Waals surface area contributed by atoms with Crippen LogP contribution >= 0.6 is 0 Å². The molecule has 2 heteroatoms. The smallest absolute Gasteiger partial charge is 0.236 e. The third kappa shape index (κ3) is 3.76. The molecule has 0 fully saturated rings. The number of benzene rings is 1. The summed E-state index contributed by atoms with van der Waals surface area (Å²) in [6, 6.07) is 7.28. The summed E-state index contributed by atoms with van der Waals surface area (Å²) in [5, 5.41) is 0. The Morgan fingerprint density at radius 1 is 1.42 bits per heavy atom. The summed E-state index contributed by atoms with van der Waals surface area (Å²) in [7, 11) is 0. The molecule has 0 aromatic heterocycles. The van der Waals surface area contributed by atoms with E-state index in [9.17, 15) is 4.39 Å². The molecule has 12 heavy (non-hydrogen) atoms. The van der Waals surface area contributed by atoms with Crippen LogP contribution < -0.4 is 18.9 Å². The maximum Gasteiger partial charge on any atom is 1.00 e. The molecule has 58 valence electrons. The Bertz CT molecular complexity index is 258. The average Bonchev–Trinajstić information content (AvgIpc) is 1.93. The second-order valence-electron chi connectivity index (χ2n) is 2.69. The van der Waals surface area contributed by atoms with Crippen LogP contribution in [0.4, 0.5) is 4.39 Å². The predicted molar refractivity (Wildman–Crippen MR) is 44.6 cm³/mol. The Morgan fingerprint density at radius 3 is 2.50 bits per heavy atom. The molecule has 0 radical (unpaired) electrons. The molecule has 0 atom stereocenters. The van der Waals surface area contributed by atoms with E-state index in [1.54, 1.807) is 12.1 Å². The van der Waals surface area contributed by atoms with Crippen molar-refractivity contribution in [3.05, 3.63) is 41.2 Å². The molecular weight excluding hydrogens is 146 g/mol. The van der Waals surface area contributed by atoms with Gasteiger partial charge in [0.05, 0.1) is 0 Å². The van der Waals surface area contributed by atoms with Crippen molar-refractivity contribution < 1.29 is 23.3 Å². The largest absolute Gasteiger partial charge is 1.00 e. The van der Waals surface area contributed by atoms with Crippen LogP contribution in [0, 0.1) is 11.9 Å². The molecule has 1 rings (SSSR count). The van der Waals surface area contributed by atoms with Gasteiger partial charge in [-0.25, -0.2) is 4.39 Å². The fourth-order valence-corrected chi connectivity index (χ4v) is 0.841. The number of hydrogen-bond acceptors (Lipinski definition) is 0. The summed E-state index contributed by atoms with van der Waals surface area (Å²) < 4.78 is 12.3. The number of rotatable bonds is 1. The van der Waals surface area contributed by atoms with Crippen molar-refractivity contribution in [2.75, 3.05) is 0 Å². The van der Waals surface area contributed by atoms with Gasteiger partial charge in [0.2, 0.25) is 0 Å². The minimum atomic E-state index is -0.309. The zero-order valence-corrected chi connectivity index (χ0v) is 7.69. The Labute approximate surface area is 84.7 Å². The van der Waals surface area contributed by atoms with Crippen molar-refractivity contribution in [1.29, 1.82) is 0 Å². The molecule has 0 unspecified atom stereocenters.